The number of rotatable bonds is 68. The Morgan fingerprint density at radius 3 is 0.949 bits per heavy atom. The van der Waals surface area contributed by atoms with Gasteiger partial charge in [-0.05, 0) is 62.9 Å². The van der Waals surface area contributed by atoms with Crippen LogP contribution in [0.15, 0.2) is 0 Å². The fraction of sp³-hybridized carbons (Fsp3) is 1.00. The van der Waals surface area contributed by atoms with Gasteiger partial charge in [0.25, 0.3) is 10.1 Å². The monoisotopic (exact) mass is 1200 g/mol. The van der Waals surface area contributed by atoms with Crippen molar-refractivity contribution in [1.82, 2.24) is 5.09 Å². The summed E-state index contributed by atoms with van der Waals surface area (Å²) in [6.45, 7) is 11.7. The van der Waals surface area contributed by atoms with Crippen molar-refractivity contribution in [1.29, 1.82) is 0 Å². The summed E-state index contributed by atoms with van der Waals surface area (Å²) in [6.07, 6.45) is 67.7. The lowest BCUT2D eigenvalue weighted by molar-refractivity contribution is -0.889. The van der Waals surface area contributed by atoms with Gasteiger partial charge in [0.05, 0.1) is 52.7 Å². The van der Waals surface area contributed by atoms with Crippen molar-refractivity contribution >= 4 is 41.4 Å². The van der Waals surface area contributed by atoms with Gasteiger partial charge >= 0.3 is 7.75 Å². The van der Waals surface area contributed by atoms with Crippen LogP contribution in [0.3, 0.4) is 0 Å². The van der Waals surface area contributed by atoms with E-state index in [4.69, 9.17) is 9.05 Å². The predicted octanol–water partition coefficient (Wildman–Crippen LogP) is 22.9. The van der Waals surface area contributed by atoms with Crippen molar-refractivity contribution in [2.24, 2.45) is 0 Å². The predicted molar refractivity (Wildman–Crippen MR) is 356 cm³/mol. The second kappa shape index (κ2) is 60.4. The van der Waals surface area contributed by atoms with E-state index in [9.17, 15) is 17.5 Å². The average Bonchev–Trinajstić information content (AvgIpc) is 3.41. The molecule has 0 heterocycles. The van der Waals surface area contributed by atoms with Gasteiger partial charge in [0, 0.05) is 16.9 Å². The highest BCUT2D eigenvalue weighted by molar-refractivity contribution is 8.00. The van der Waals surface area contributed by atoms with Crippen LogP contribution in [-0.4, -0.2) is 92.2 Å². The van der Waals surface area contributed by atoms with Crippen LogP contribution in [0.25, 0.3) is 0 Å². The molecule has 0 aliphatic rings. The van der Waals surface area contributed by atoms with E-state index in [0.717, 1.165) is 36.2 Å². The Hall–Kier alpha value is 0.680. The van der Waals surface area contributed by atoms with Crippen molar-refractivity contribution in [3.8, 4) is 0 Å². The normalized spacial score (nSPS) is 13.9. The van der Waals surface area contributed by atoms with Gasteiger partial charge in [0.2, 0.25) is 0 Å². The van der Waals surface area contributed by atoms with Gasteiger partial charge in [-0.25, -0.2) is 9.65 Å². The zero-order chi connectivity index (χ0) is 57.9. The molecule has 3 atom stereocenters. The van der Waals surface area contributed by atoms with Gasteiger partial charge in [-0.1, -0.05) is 297 Å². The molecule has 0 aromatic heterocycles. The Labute approximate surface area is 504 Å². The van der Waals surface area contributed by atoms with Crippen LogP contribution in [0, 0.1) is 0 Å². The third-order valence-electron chi connectivity index (χ3n) is 16.5. The number of thioether (sulfide) groups is 2. The van der Waals surface area contributed by atoms with Crippen LogP contribution >= 0.6 is 31.3 Å². The summed E-state index contributed by atoms with van der Waals surface area (Å²) >= 11 is 4.58. The molecule has 79 heavy (non-hydrogen) atoms. The maximum absolute atomic E-state index is 14.1. The average molecular weight is 1200 g/mol. The number of hydrogen-bond acceptors (Lipinski definition) is 7. The molecule has 12 heteroatoms. The van der Waals surface area contributed by atoms with Crippen LogP contribution in [0.2, 0.25) is 0 Å². The van der Waals surface area contributed by atoms with Crippen molar-refractivity contribution in [3.05, 3.63) is 0 Å². The van der Waals surface area contributed by atoms with Gasteiger partial charge in [0.15, 0.2) is 0 Å². The van der Waals surface area contributed by atoms with E-state index in [0.29, 0.717) is 43.8 Å². The molecular weight excluding hydrogens is 1060 g/mol. The van der Waals surface area contributed by atoms with Crippen LogP contribution in [0.5, 0.6) is 0 Å². The van der Waals surface area contributed by atoms with E-state index in [1.165, 1.54) is 307 Å². The van der Waals surface area contributed by atoms with Crippen molar-refractivity contribution in [2.45, 2.75) is 366 Å². The molecule has 0 aromatic rings. The highest BCUT2D eigenvalue weighted by Gasteiger charge is 2.26. The van der Waals surface area contributed by atoms with Crippen LogP contribution < -0.4 is 5.09 Å². The molecular formula is C67H140N2O6PS3+. The van der Waals surface area contributed by atoms with Crippen molar-refractivity contribution in [3.63, 3.8) is 0 Å². The van der Waals surface area contributed by atoms with E-state index in [1.807, 2.05) is 14.1 Å². The number of unbranched alkanes of at least 4 members (excludes halogenated alkanes) is 40. The minimum Gasteiger partial charge on any atom is -0.327 e. The summed E-state index contributed by atoms with van der Waals surface area (Å²) in [7, 11) is -3.43. The quantitative estimate of drug-likeness (QED) is 0.0267. The first-order valence-electron chi connectivity index (χ1n) is 35.0. The van der Waals surface area contributed by atoms with Crippen LogP contribution in [-0.2, 0) is 23.7 Å². The second-order valence-corrected chi connectivity index (χ2v) is 31.3. The molecule has 3 unspecified atom stereocenters. The Balaban J connectivity index is 4.82. The molecule has 476 valence electrons. The van der Waals surface area contributed by atoms with Gasteiger partial charge < -0.3 is 4.48 Å². The fourth-order valence-electron chi connectivity index (χ4n) is 11.1. The molecule has 0 fully saturated rings. The van der Waals surface area contributed by atoms with Gasteiger partial charge in [0.1, 0.15) is 0 Å². The van der Waals surface area contributed by atoms with E-state index < -0.39 is 17.9 Å². The molecule has 2 N–H and O–H groups in total. The van der Waals surface area contributed by atoms with Gasteiger partial charge in [-0.3, -0.25) is 13.6 Å². The standard InChI is InChI=1S/C67H139N2O6PS3/c1-7-11-15-19-23-25-27-35-43-51-63-77-66(54-45-37-22-18-14-10-4)56-47-39-31-29-33-41-49-61-74-76(70,68-58-60-69(5,6)59-53-65-79(71,72)73)75-62-50-42-34-32-40-48-57-67(55-46-38-30-21-17-13-9-3)78-64-52-44-36-28-26-24-20-16-12-8-2/h66-67H,7-65H2,1-6H3,(H-,68,70,71,72,73)/p+1. The second-order valence-electron chi connectivity index (χ2n) is 25.1. The third kappa shape index (κ3) is 61.6. The Bertz CT molecular complexity index is 1380. The lowest BCUT2D eigenvalue weighted by atomic mass is 10.0. The first-order chi connectivity index (χ1) is 38.4. The number of nitrogens with zero attached hydrogens (tertiary/aromatic N) is 1. The molecule has 0 spiro atoms. The zero-order valence-corrected chi connectivity index (χ0v) is 57.3. The Morgan fingerprint density at radius 2 is 0.658 bits per heavy atom. The summed E-state index contributed by atoms with van der Waals surface area (Å²) in [6, 6.07) is 0. The summed E-state index contributed by atoms with van der Waals surface area (Å²) in [5.41, 5.74) is 0. The van der Waals surface area contributed by atoms with E-state index in [1.54, 1.807) is 0 Å². The molecule has 0 rings (SSSR count). The van der Waals surface area contributed by atoms with E-state index >= 15 is 0 Å². The number of nitrogens with one attached hydrogen (secondary N) is 1. The zero-order valence-electron chi connectivity index (χ0n) is 54.0. The van der Waals surface area contributed by atoms with E-state index in [2.05, 4.69) is 56.3 Å². The minimum atomic E-state index is -3.99. The van der Waals surface area contributed by atoms with Crippen LogP contribution in [0.4, 0.5) is 0 Å². The number of hydrogen-bond donors (Lipinski definition) is 2. The molecule has 0 saturated carbocycles. The first kappa shape index (κ1) is 79.7. The summed E-state index contributed by atoms with van der Waals surface area (Å²) in [5, 5.41) is 4.84. The topological polar surface area (TPSA) is 102 Å². The Morgan fingerprint density at radius 1 is 0.392 bits per heavy atom. The van der Waals surface area contributed by atoms with Crippen molar-refractivity contribution < 1.29 is 31.1 Å². The van der Waals surface area contributed by atoms with Crippen LogP contribution in [0.1, 0.15) is 355 Å². The maximum Gasteiger partial charge on any atom is 0.405 e. The highest BCUT2D eigenvalue weighted by Crippen LogP contribution is 2.44. The molecule has 0 aliphatic carbocycles. The van der Waals surface area contributed by atoms with Gasteiger partial charge in [-0.15, -0.1) is 0 Å². The largest absolute Gasteiger partial charge is 0.405 e. The molecule has 0 bridgehead atoms. The SMILES string of the molecule is CCCCCCCCCCCCSC(CCCCCCCC)CCCCCCCCCOP(=O)(NCC[N+](C)(C)CCCS(=O)(=O)O)OCCCCCCCCC(CCCCCCCCC)SCCCCCCCCCCCC. The molecule has 0 aliphatic heterocycles. The van der Waals surface area contributed by atoms with E-state index in [-0.39, 0.29) is 5.75 Å². The summed E-state index contributed by atoms with van der Waals surface area (Å²) < 4.78 is 58.7. The maximum atomic E-state index is 14.1. The molecule has 0 aromatic carbocycles. The Kier molecular flexibility index (Phi) is 60.9. The lowest BCUT2D eigenvalue weighted by Crippen LogP contribution is -2.45. The third-order valence-corrected chi connectivity index (χ3v) is 21.9. The molecule has 0 amide bonds. The molecule has 0 radical (unpaired) electrons. The smallest absolute Gasteiger partial charge is 0.327 e. The first-order valence-corrected chi connectivity index (χ1v) is 40.3. The molecule has 0 saturated heterocycles. The fourth-order valence-corrected chi connectivity index (χ4v) is 15.7. The lowest BCUT2D eigenvalue weighted by Gasteiger charge is -2.30. The molecule has 8 nitrogen and oxygen atoms in total. The van der Waals surface area contributed by atoms with Gasteiger partial charge in [-0.2, -0.15) is 31.9 Å². The van der Waals surface area contributed by atoms with Crippen molar-refractivity contribution in [2.75, 3.05) is 64.2 Å². The summed E-state index contributed by atoms with van der Waals surface area (Å²) in [4.78, 5) is 0. The number of quaternary nitrogens is 1. The summed E-state index contributed by atoms with van der Waals surface area (Å²) in [5.74, 6) is 2.44. The number of likely N-dealkylation sites (N-methyl/N-ethyl adjacent to an activating group) is 1. The highest BCUT2D eigenvalue weighted by atomic mass is 32.2. The minimum absolute atomic E-state index is 0.246.